The molecule has 2 rings (SSSR count). The third-order valence-corrected chi connectivity index (χ3v) is 3.37. The zero-order chi connectivity index (χ0) is 14.5. The molecule has 1 amide bonds. The minimum Gasteiger partial charge on any atom is -0.383 e. The number of hydrogen-bond donors (Lipinski definition) is 3. The Morgan fingerprint density at radius 1 is 1.45 bits per heavy atom. The summed E-state index contributed by atoms with van der Waals surface area (Å²) < 4.78 is 0. The second-order valence-electron chi connectivity index (χ2n) is 4.13. The lowest BCUT2D eigenvalue weighted by Crippen LogP contribution is -2.16. The molecule has 1 aromatic heterocycles. The fraction of sp³-hybridized carbons (Fsp3) is 0.154. The van der Waals surface area contributed by atoms with Crippen LogP contribution in [0.2, 0.25) is 0 Å². The van der Waals surface area contributed by atoms with E-state index in [0.717, 1.165) is 23.0 Å². The van der Waals surface area contributed by atoms with Gasteiger partial charge in [0, 0.05) is 11.8 Å². The Balaban J connectivity index is 1.96. The average molecular weight is 290 g/mol. The minimum atomic E-state index is -0.334. The number of aryl methyl sites for hydroxylation is 1. The van der Waals surface area contributed by atoms with Gasteiger partial charge in [-0.1, -0.05) is 30.0 Å². The van der Waals surface area contributed by atoms with E-state index < -0.39 is 0 Å². The van der Waals surface area contributed by atoms with Crippen molar-refractivity contribution in [1.82, 2.24) is 9.97 Å². The largest absolute Gasteiger partial charge is 0.383 e. The molecule has 1 heterocycles. The summed E-state index contributed by atoms with van der Waals surface area (Å²) in [5.74, 6) is 0.103. The number of H-pyrrole nitrogens is 1. The molecule has 2 aromatic rings. The van der Waals surface area contributed by atoms with Crippen molar-refractivity contribution in [3.05, 3.63) is 46.2 Å². The predicted octanol–water partition coefficient (Wildman–Crippen LogP) is 1.39. The number of rotatable bonds is 4. The van der Waals surface area contributed by atoms with Crippen molar-refractivity contribution in [2.24, 2.45) is 0 Å². The first-order chi connectivity index (χ1) is 9.54. The van der Waals surface area contributed by atoms with Gasteiger partial charge < -0.3 is 16.0 Å². The quantitative estimate of drug-likeness (QED) is 0.583. The monoisotopic (exact) mass is 290 g/mol. The molecule has 0 spiro atoms. The topological polar surface area (TPSA) is 101 Å². The highest BCUT2D eigenvalue weighted by atomic mass is 32.2. The molecule has 1 aromatic carbocycles. The number of benzene rings is 1. The molecule has 0 radical (unpaired) electrons. The molecule has 104 valence electrons. The molecule has 0 bridgehead atoms. The van der Waals surface area contributed by atoms with Crippen LogP contribution in [0.4, 0.5) is 11.5 Å². The lowest BCUT2D eigenvalue weighted by Gasteiger charge is -2.07. The van der Waals surface area contributed by atoms with E-state index in [1.54, 1.807) is 0 Å². The van der Waals surface area contributed by atoms with E-state index in [4.69, 9.17) is 5.73 Å². The summed E-state index contributed by atoms with van der Waals surface area (Å²) >= 11 is 1.12. The first-order valence-corrected chi connectivity index (χ1v) is 6.88. The van der Waals surface area contributed by atoms with E-state index in [9.17, 15) is 9.59 Å². The highest BCUT2D eigenvalue weighted by Crippen LogP contribution is 2.15. The molecule has 0 saturated carbocycles. The van der Waals surface area contributed by atoms with Crippen LogP contribution >= 0.6 is 11.8 Å². The molecule has 0 atom stereocenters. The Morgan fingerprint density at radius 2 is 2.20 bits per heavy atom. The number of nitrogen functional groups attached to an aromatic ring is 1. The minimum absolute atomic E-state index is 0.135. The van der Waals surface area contributed by atoms with Crippen LogP contribution in [0.15, 0.2) is 40.3 Å². The van der Waals surface area contributed by atoms with Crippen LogP contribution in [-0.4, -0.2) is 21.6 Å². The van der Waals surface area contributed by atoms with Crippen LogP contribution in [0.3, 0.4) is 0 Å². The Hall–Kier alpha value is -2.28. The first-order valence-electron chi connectivity index (χ1n) is 5.90. The second kappa shape index (κ2) is 6.25. The van der Waals surface area contributed by atoms with Gasteiger partial charge >= 0.3 is 0 Å². The van der Waals surface area contributed by atoms with Crippen LogP contribution < -0.4 is 16.6 Å². The number of carbonyl (C=O) groups excluding carboxylic acids is 1. The van der Waals surface area contributed by atoms with Gasteiger partial charge in [-0.2, -0.15) is 0 Å². The fourth-order valence-electron chi connectivity index (χ4n) is 1.55. The molecule has 0 saturated heterocycles. The summed E-state index contributed by atoms with van der Waals surface area (Å²) in [5.41, 5.74) is 6.89. The van der Waals surface area contributed by atoms with E-state index in [1.165, 1.54) is 6.07 Å². The van der Waals surface area contributed by atoms with Gasteiger partial charge in [-0.05, 0) is 18.6 Å². The zero-order valence-electron chi connectivity index (χ0n) is 10.8. The number of carbonyl (C=O) groups is 1. The van der Waals surface area contributed by atoms with Crippen molar-refractivity contribution in [3.63, 3.8) is 0 Å². The number of nitrogens with one attached hydrogen (secondary N) is 2. The third-order valence-electron chi connectivity index (χ3n) is 2.50. The maximum Gasteiger partial charge on any atom is 0.253 e. The molecule has 0 aliphatic heterocycles. The predicted molar refractivity (Wildman–Crippen MR) is 79.8 cm³/mol. The second-order valence-corrected chi connectivity index (χ2v) is 5.09. The van der Waals surface area contributed by atoms with Crippen molar-refractivity contribution in [1.29, 1.82) is 0 Å². The van der Waals surface area contributed by atoms with Crippen molar-refractivity contribution in [2.45, 2.75) is 12.1 Å². The maximum absolute atomic E-state index is 11.8. The summed E-state index contributed by atoms with van der Waals surface area (Å²) in [6, 6.07) is 8.70. The highest BCUT2D eigenvalue weighted by Gasteiger charge is 2.07. The Labute approximate surface area is 119 Å². The van der Waals surface area contributed by atoms with E-state index >= 15 is 0 Å². The summed E-state index contributed by atoms with van der Waals surface area (Å²) in [6.45, 7) is 1.92. The Bertz CT molecular complexity index is 684. The van der Waals surface area contributed by atoms with Gasteiger partial charge in [-0.25, -0.2) is 4.98 Å². The lowest BCUT2D eigenvalue weighted by atomic mass is 10.2. The molecule has 20 heavy (non-hydrogen) atoms. The summed E-state index contributed by atoms with van der Waals surface area (Å²) in [5, 5.41) is 3.13. The maximum atomic E-state index is 11.8. The number of anilines is 2. The molecule has 0 aliphatic carbocycles. The summed E-state index contributed by atoms with van der Waals surface area (Å²) in [6.07, 6.45) is 0. The number of nitrogens with two attached hydrogens (primary N) is 1. The number of hydrogen-bond acceptors (Lipinski definition) is 5. The van der Waals surface area contributed by atoms with E-state index in [-0.39, 0.29) is 23.0 Å². The molecule has 7 heteroatoms. The number of aromatic nitrogens is 2. The third kappa shape index (κ3) is 3.86. The van der Waals surface area contributed by atoms with E-state index in [1.807, 2.05) is 31.2 Å². The van der Waals surface area contributed by atoms with Crippen LogP contribution in [0.5, 0.6) is 0 Å². The van der Waals surface area contributed by atoms with E-state index in [2.05, 4.69) is 15.3 Å². The zero-order valence-corrected chi connectivity index (χ0v) is 11.7. The molecule has 0 aliphatic rings. The number of nitrogens with zero attached hydrogens (tertiary/aromatic N) is 1. The Morgan fingerprint density at radius 3 is 2.90 bits per heavy atom. The number of thioether (sulfide) groups is 1. The van der Waals surface area contributed by atoms with Crippen molar-refractivity contribution >= 4 is 29.2 Å². The molecule has 4 N–H and O–H groups in total. The van der Waals surface area contributed by atoms with Gasteiger partial charge in [-0.3, -0.25) is 9.59 Å². The standard InChI is InChI=1S/C13H14N4O2S/c1-8-4-2-3-5-9(8)15-12(19)7-20-13-16-10(14)6-11(18)17-13/h2-6H,7H2,1H3,(H,15,19)(H3,14,16,17,18). The summed E-state index contributed by atoms with van der Waals surface area (Å²) in [7, 11) is 0. The van der Waals surface area contributed by atoms with Crippen LogP contribution in [0.25, 0.3) is 0 Å². The lowest BCUT2D eigenvalue weighted by molar-refractivity contribution is -0.113. The first kappa shape index (κ1) is 14.1. The number of para-hydroxylation sites is 1. The highest BCUT2D eigenvalue weighted by molar-refractivity contribution is 7.99. The van der Waals surface area contributed by atoms with Gasteiger partial charge in [0.05, 0.1) is 5.75 Å². The SMILES string of the molecule is Cc1ccccc1NC(=O)CSc1nc(N)cc(=O)[nH]1. The molecule has 0 fully saturated rings. The van der Waals surface area contributed by atoms with Crippen molar-refractivity contribution < 1.29 is 4.79 Å². The normalized spacial score (nSPS) is 10.2. The van der Waals surface area contributed by atoms with Gasteiger partial charge in [0.2, 0.25) is 5.91 Å². The van der Waals surface area contributed by atoms with Gasteiger partial charge in [0.15, 0.2) is 5.16 Å². The van der Waals surface area contributed by atoms with Crippen molar-refractivity contribution in [3.8, 4) is 0 Å². The number of aromatic amines is 1. The molecular weight excluding hydrogens is 276 g/mol. The molecule has 0 unspecified atom stereocenters. The van der Waals surface area contributed by atoms with E-state index in [0.29, 0.717) is 5.16 Å². The Kier molecular flexibility index (Phi) is 4.41. The smallest absolute Gasteiger partial charge is 0.253 e. The van der Waals surface area contributed by atoms with Gasteiger partial charge in [0.1, 0.15) is 5.82 Å². The van der Waals surface area contributed by atoms with Crippen LogP contribution in [-0.2, 0) is 4.79 Å². The summed E-state index contributed by atoms with van der Waals surface area (Å²) in [4.78, 5) is 29.5. The van der Waals surface area contributed by atoms with Gasteiger partial charge in [-0.15, -0.1) is 0 Å². The average Bonchev–Trinajstić information content (AvgIpc) is 2.38. The van der Waals surface area contributed by atoms with Crippen LogP contribution in [0.1, 0.15) is 5.56 Å². The molecular formula is C13H14N4O2S. The van der Waals surface area contributed by atoms with Crippen molar-refractivity contribution in [2.75, 3.05) is 16.8 Å². The molecule has 6 nitrogen and oxygen atoms in total. The van der Waals surface area contributed by atoms with Crippen LogP contribution in [0, 0.1) is 6.92 Å². The fourth-order valence-corrected chi connectivity index (χ4v) is 2.24. The van der Waals surface area contributed by atoms with Gasteiger partial charge in [0.25, 0.3) is 5.56 Å². The number of amides is 1.